The molecule has 1 aromatic carbocycles. The van der Waals surface area contributed by atoms with Gasteiger partial charge in [0.15, 0.2) is 22.9 Å². The molecule has 0 unspecified atom stereocenters. The first kappa shape index (κ1) is 19.9. The summed E-state index contributed by atoms with van der Waals surface area (Å²) in [6.07, 6.45) is 4.80. The van der Waals surface area contributed by atoms with Crippen molar-refractivity contribution < 1.29 is 23.8 Å². The highest BCUT2D eigenvalue weighted by Gasteiger charge is 2.27. The second-order valence-electron chi connectivity index (χ2n) is 6.54. The lowest BCUT2D eigenvalue weighted by molar-refractivity contribution is 0.0524. The van der Waals surface area contributed by atoms with Crippen molar-refractivity contribution in [2.24, 2.45) is 10.7 Å². The number of carbonyl (C=O) groups excluding carboxylic acids is 2. The Bertz CT molecular complexity index is 1230. The van der Waals surface area contributed by atoms with Gasteiger partial charge in [-0.3, -0.25) is 4.79 Å². The summed E-state index contributed by atoms with van der Waals surface area (Å²) in [5.74, 6) is -1.07. The number of anilines is 2. The zero-order chi connectivity index (χ0) is 22.0. The summed E-state index contributed by atoms with van der Waals surface area (Å²) in [7, 11) is 0. The number of nitrogens with zero attached hydrogens (tertiary/aromatic N) is 2. The van der Waals surface area contributed by atoms with E-state index in [2.05, 4.69) is 15.3 Å². The number of hydrogen-bond acceptors (Lipinski definition) is 8. The second kappa shape index (κ2) is 8.15. The highest BCUT2D eigenvalue weighted by Crippen LogP contribution is 2.39. The molecule has 0 aliphatic carbocycles. The van der Waals surface area contributed by atoms with Gasteiger partial charge in [0.2, 0.25) is 11.8 Å². The van der Waals surface area contributed by atoms with Gasteiger partial charge in [-0.1, -0.05) is 0 Å². The van der Waals surface area contributed by atoms with E-state index in [-0.39, 0.29) is 29.6 Å². The molecule has 9 heteroatoms. The number of benzene rings is 1. The van der Waals surface area contributed by atoms with Crippen LogP contribution in [0.15, 0.2) is 52.0 Å². The molecule has 1 amide bonds. The van der Waals surface area contributed by atoms with Crippen LogP contribution in [-0.2, 0) is 4.74 Å². The lowest BCUT2D eigenvalue weighted by Gasteiger charge is -2.06. The molecule has 0 fully saturated rings. The number of pyridine rings is 1. The van der Waals surface area contributed by atoms with Gasteiger partial charge in [-0.05, 0) is 49.4 Å². The SMILES string of the molecule is CCOC(=O)c1c(Nc2ccc(C(N)=O)cc2)oc(C=C2C=Nc3ncccc32)c1O. The number of hydrogen-bond donors (Lipinski definition) is 3. The Morgan fingerprint density at radius 1 is 1.26 bits per heavy atom. The maximum Gasteiger partial charge on any atom is 0.347 e. The fourth-order valence-corrected chi connectivity index (χ4v) is 3.05. The summed E-state index contributed by atoms with van der Waals surface area (Å²) >= 11 is 0. The van der Waals surface area contributed by atoms with Crippen LogP contribution in [0.25, 0.3) is 11.6 Å². The van der Waals surface area contributed by atoms with E-state index >= 15 is 0 Å². The number of primary amides is 1. The molecule has 2 aromatic heterocycles. The van der Waals surface area contributed by atoms with E-state index in [1.807, 2.05) is 6.07 Å². The molecular formula is C22H18N4O5. The minimum atomic E-state index is -0.744. The van der Waals surface area contributed by atoms with Gasteiger partial charge in [0.1, 0.15) is 0 Å². The maximum atomic E-state index is 12.5. The first-order valence-electron chi connectivity index (χ1n) is 9.39. The number of nitrogens with one attached hydrogen (secondary N) is 1. The van der Waals surface area contributed by atoms with Crippen LogP contribution in [0.2, 0.25) is 0 Å². The van der Waals surface area contributed by atoms with Crippen LogP contribution in [0.3, 0.4) is 0 Å². The molecule has 4 rings (SSSR count). The standard InChI is InChI=1S/C22H18N4O5/c1-2-30-22(29)17-18(27)16(10-13-11-25-20-15(13)4-3-9-24-20)31-21(17)26-14-7-5-12(6-8-14)19(23)28/h3-11,26-27H,2H2,1H3,(H2,23,28). The number of amides is 1. The number of esters is 1. The van der Waals surface area contributed by atoms with Crippen LogP contribution in [0, 0.1) is 0 Å². The van der Waals surface area contributed by atoms with Gasteiger partial charge >= 0.3 is 5.97 Å². The number of ether oxygens (including phenoxy) is 1. The predicted octanol–water partition coefficient (Wildman–Crippen LogP) is 3.66. The lowest BCUT2D eigenvalue weighted by Crippen LogP contribution is -2.10. The fourth-order valence-electron chi connectivity index (χ4n) is 3.05. The Kier molecular flexibility index (Phi) is 5.23. The molecular weight excluding hydrogens is 400 g/mol. The van der Waals surface area contributed by atoms with E-state index in [9.17, 15) is 14.7 Å². The third-order valence-corrected chi connectivity index (χ3v) is 4.53. The topological polar surface area (TPSA) is 140 Å². The molecule has 0 radical (unpaired) electrons. The summed E-state index contributed by atoms with van der Waals surface area (Å²) in [6, 6.07) is 9.86. The molecule has 0 bridgehead atoms. The van der Waals surface area contributed by atoms with Gasteiger partial charge in [-0.25, -0.2) is 14.8 Å². The van der Waals surface area contributed by atoms with Crippen LogP contribution < -0.4 is 11.1 Å². The zero-order valence-electron chi connectivity index (χ0n) is 16.5. The summed E-state index contributed by atoms with van der Waals surface area (Å²) < 4.78 is 10.8. The summed E-state index contributed by atoms with van der Waals surface area (Å²) in [5, 5.41) is 13.6. The van der Waals surface area contributed by atoms with Crippen molar-refractivity contribution in [2.75, 3.05) is 11.9 Å². The Balaban J connectivity index is 1.73. The first-order valence-corrected chi connectivity index (χ1v) is 9.39. The van der Waals surface area contributed by atoms with Crippen molar-refractivity contribution in [2.45, 2.75) is 6.92 Å². The number of furan rings is 1. The summed E-state index contributed by atoms with van der Waals surface area (Å²) in [5.41, 5.74) is 7.39. The van der Waals surface area contributed by atoms with Crippen molar-refractivity contribution >= 4 is 47.1 Å². The molecule has 0 saturated carbocycles. The molecule has 0 saturated heterocycles. The Morgan fingerprint density at radius 3 is 2.74 bits per heavy atom. The quantitative estimate of drug-likeness (QED) is 0.519. The zero-order valence-corrected chi connectivity index (χ0v) is 16.5. The smallest absolute Gasteiger partial charge is 0.347 e. The molecule has 3 aromatic rings. The maximum absolute atomic E-state index is 12.5. The van der Waals surface area contributed by atoms with Gasteiger partial charge in [0.25, 0.3) is 0 Å². The number of allylic oxidation sites excluding steroid dienone is 1. The van der Waals surface area contributed by atoms with E-state index in [4.69, 9.17) is 14.9 Å². The number of fused-ring (bicyclic) bond motifs is 1. The minimum Gasteiger partial charge on any atom is -0.504 e. The van der Waals surface area contributed by atoms with Gasteiger partial charge < -0.3 is 25.3 Å². The van der Waals surface area contributed by atoms with Gasteiger partial charge in [0.05, 0.1) is 6.61 Å². The van der Waals surface area contributed by atoms with Crippen LogP contribution in [0.5, 0.6) is 5.75 Å². The molecule has 3 heterocycles. The molecule has 0 atom stereocenters. The van der Waals surface area contributed by atoms with Crippen molar-refractivity contribution in [1.82, 2.24) is 4.98 Å². The van der Waals surface area contributed by atoms with Crippen molar-refractivity contribution in [3.8, 4) is 5.75 Å². The molecule has 1 aliphatic heterocycles. The third-order valence-electron chi connectivity index (χ3n) is 4.53. The molecule has 156 valence electrons. The molecule has 9 nitrogen and oxygen atoms in total. The summed E-state index contributed by atoms with van der Waals surface area (Å²) in [6.45, 7) is 1.78. The Labute approximate surface area is 176 Å². The first-order chi connectivity index (χ1) is 15.0. The van der Waals surface area contributed by atoms with E-state index in [0.29, 0.717) is 22.6 Å². The van der Waals surface area contributed by atoms with Gasteiger partial charge in [-0.2, -0.15) is 0 Å². The number of aliphatic imine (C=N–C) groups is 1. The second-order valence-corrected chi connectivity index (χ2v) is 6.54. The predicted molar refractivity (Wildman–Crippen MR) is 115 cm³/mol. The average molecular weight is 418 g/mol. The van der Waals surface area contributed by atoms with Crippen LogP contribution in [-0.4, -0.2) is 34.8 Å². The third kappa shape index (κ3) is 3.88. The van der Waals surface area contributed by atoms with Gasteiger partial charge in [-0.15, -0.1) is 0 Å². The number of aromatic nitrogens is 1. The normalized spacial score (nSPS) is 13.3. The number of rotatable bonds is 6. The lowest BCUT2D eigenvalue weighted by atomic mass is 10.1. The minimum absolute atomic E-state index is 0.00373. The Hall–Kier alpha value is -4.40. The fraction of sp³-hybridized carbons (Fsp3) is 0.0909. The summed E-state index contributed by atoms with van der Waals surface area (Å²) in [4.78, 5) is 32.1. The molecule has 1 aliphatic rings. The van der Waals surface area contributed by atoms with Crippen molar-refractivity contribution in [3.63, 3.8) is 0 Å². The number of aromatic hydroxyl groups is 1. The average Bonchev–Trinajstić information content (AvgIpc) is 3.30. The monoisotopic (exact) mass is 418 g/mol. The van der Waals surface area contributed by atoms with E-state index in [1.165, 1.54) is 12.1 Å². The van der Waals surface area contributed by atoms with Crippen molar-refractivity contribution in [1.29, 1.82) is 0 Å². The highest BCUT2D eigenvalue weighted by molar-refractivity contribution is 6.21. The molecule has 31 heavy (non-hydrogen) atoms. The van der Waals surface area contributed by atoms with E-state index in [1.54, 1.807) is 43.6 Å². The molecule has 0 spiro atoms. The largest absolute Gasteiger partial charge is 0.504 e. The van der Waals surface area contributed by atoms with Crippen LogP contribution >= 0.6 is 0 Å². The Morgan fingerprint density at radius 2 is 2.03 bits per heavy atom. The van der Waals surface area contributed by atoms with E-state index in [0.717, 1.165) is 5.56 Å². The van der Waals surface area contributed by atoms with Crippen LogP contribution in [0.1, 0.15) is 39.0 Å². The number of nitrogens with two attached hydrogens (primary N) is 1. The molecule has 4 N–H and O–H groups in total. The van der Waals surface area contributed by atoms with Gasteiger partial charge in [0, 0.05) is 34.8 Å². The van der Waals surface area contributed by atoms with Crippen LogP contribution in [0.4, 0.5) is 17.4 Å². The van der Waals surface area contributed by atoms with Crippen molar-refractivity contribution in [3.05, 3.63) is 65.0 Å². The highest BCUT2D eigenvalue weighted by atomic mass is 16.5. The number of carbonyl (C=O) groups is 2. The van der Waals surface area contributed by atoms with E-state index < -0.39 is 11.9 Å².